The van der Waals surface area contributed by atoms with Crippen LogP contribution in [-0.4, -0.2) is 48.3 Å². The Morgan fingerprint density at radius 3 is 2.38 bits per heavy atom. The minimum Gasteiger partial charge on any atom is -0.480 e. The predicted octanol–water partition coefficient (Wildman–Crippen LogP) is 3.24. The third-order valence-corrected chi connectivity index (χ3v) is 7.31. The molecule has 0 saturated carbocycles. The van der Waals surface area contributed by atoms with Gasteiger partial charge in [0.15, 0.2) is 11.6 Å². The van der Waals surface area contributed by atoms with Gasteiger partial charge in [-0.1, -0.05) is 29.3 Å². The van der Waals surface area contributed by atoms with Crippen molar-refractivity contribution < 1.29 is 31.9 Å². The quantitative estimate of drug-likeness (QED) is 0.599. The molecular formula is C20H18Cl2F2N2O5S. The molecule has 0 aliphatic carbocycles. The van der Waals surface area contributed by atoms with Crippen LogP contribution in [0.2, 0.25) is 10.0 Å². The van der Waals surface area contributed by atoms with Crippen molar-refractivity contribution in [1.82, 2.24) is 9.62 Å². The largest absolute Gasteiger partial charge is 0.480 e. The lowest BCUT2D eigenvalue weighted by molar-refractivity contribution is -0.142. The lowest BCUT2D eigenvalue weighted by Gasteiger charge is -2.25. The van der Waals surface area contributed by atoms with Gasteiger partial charge in [0, 0.05) is 23.0 Å². The number of carboxylic acid groups (broad SMARTS) is 1. The molecule has 0 aromatic heterocycles. The Hall–Kier alpha value is -2.27. The molecule has 2 atom stereocenters. The summed E-state index contributed by atoms with van der Waals surface area (Å²) in [5, 5.41) is 12.0. The number of benzene rings is 2. The summed E-state index contributed by atoms with van der Waals surface area (Å²) in [6.45, 7) is 0.0471. The van der Waals surface area contributed by atoms with Gasteiger partial charge in [-0.2, -0.15) is 4.31 Å². The van der Waals surface area contributed by atoms with E-state index in [1.165, 1.54) is 24.3 Å². The van der Waals surface area contributed by atoms with Gasteiger partial charge in [0.05, 0.1) is 4.90 Å². The van der Waals surface area contributed by atoms with Crippen LogP contribution in [0.4, 0.5) is 8.78 Å². The molecule has 2 N–H and O–H groups in total. The topological polar surface area (TPSA) is 104 Å². The Bertz CT molecular complexity index is 1140. The monoisotopic (exact) mass is 506 g/mol. The van der Waals surface area contributed by atoms with E-state index >= 15 is 0 Å². The van der Waals surface area contributed by atoms with Crippen LogP contribution in [0.25, 0.3) is 0 Å². The van der Waals surface area contributed by atoms with Gasteiger partial charge in [-0.3, -0.25) is 4.79 Å². The molecule has 0 unspecified atom stereocenters. The molecule has 1 saturated heterocycles. The van der Waals surface area contributed by atoms with Gasteiger partial charge in [0.2, 0.25) is 15.9 Å². The van der Waals surface area contributed by atoms with Gasteiger partial charge in [0.1, 0.15) is 12.1 Å². The first-order chi connectivity index (χ1) is 15.0. The molecule has 1 heterocycles. The maximum Gasteiger partial charge on any atom is 0.326 e. The molecule has 1 aliphatic heterocycles. The second kappa shape index (κ2) is 9.70. The first-order valence-electron chi connectivity index (χ1n) is 9.44. The Labute approximate surface area is 193 Å². The summed E-state index contributed by atoms with van der Waals surface area (Å²) in [6.07, 6.45) is 0.241. The number of carbonyl (C=O) groups excluding carboxylic acids is 1. The maximum absolute atomic E-state index is 13.4. The third kappa shape index (κ3) is 5.37. The van der Waals surface area contributed by atoms with Crippen LogP contribution in [-0.2, 0) is 26.0 Å². The summed E-state index contributed by atoms with van der Waals surface area (Å²) in [7, 11) is -4.14. The number of nitrogens with zero attached hydrogens (tertiary/aromatic N) is 1. The van der Waals surface area contributed by atoms with Crippen molar-refractivity contribution in [3.63, 3.8) is 0 Å². The Morgan fingerprint density at radius 1 is 1.12 bits per heavy atom. The van der Waals surface area contributed by atoms with Crippen LogP contribution in [0.5, 0.6) is 0 Å². The highest BCUT2D eigenvalue weighted by Gasteiger charge is 2.40. The van der Waals surface area contributed by atoms with E-state index in [0.29, 0.717) is 6.42 Å². The van der Waals surface area contributed by atoms with E-state index in [1.54, 1.807) is 0 Å². The van der Waals surface area contributed by atoms with E-state index in [2.05, 4.69) is 5.32 Å². The summed E-state index contributed by atoms with van der Waals surface area (Å²) >= 11 is 11.8. The van der Waals surface area contributed by atoms with Gasteiger partial charge in [-0.25, -0.2) is 22.0 Å². The molecule has 2 aromatic carbocycles. The lowest BCUT2D eigenvalue weighted by Crippen LogP contribution is -2.51. The van der Waals surface area contributed by atoms with Crippen LogP contribution in [0, 0.1) is 11.6 Å². The van der Waals surface area contributed by atoms with Crippen LogP contribution < -0.4 is 5.32 Å². The Balaban J connectivity index is 1.80. The second-order valence-corrected chi connectivity index (χ2v) is 9.99. The molecule has 32 heavy (non-hydrogen) atoms. The number of halogens is 4. The summed E-state index contributed by atoms with van der Waals surface area (Å²) in [5.74, 6) is -4.45. The van der Waals surface area contributed by atoms with Crippen molar-refractivity contribution in [1.29, 1.82) is 0 Å². The van der Waals surface area contributed by atoms with Crippen molar-refractivity contribution >= 4 is 45.1 Å². The molecule has 2 aromatic rings. The highest BCUT2D eigenvalue weighted by Crippen LogP contribution is 2.30. The minimum atomic E-state index is -4.14. The third-order valence-electron chi connectivity index (χ3n) is 4.99. The molecule has 12 heteroatoms. The zero-order valence-corrected chi connectivity index (χ0v) is 18.7. The van der Waals surface area contributed by atoms with Crippen LogP contribution in [0.3, 0.4) is 0 Å². The number of carboxylic acids is 1. The average molecular weight is 507 g/mol. The fourth-order valence-electron chi connectivity index (χ4n) is 3.47. The van der Waals surface area contributed by atoms with Crippen molar-refractivity contribution in [2.24, 2.45) is 0 Å². The summed E-state index contributed by atoms with van der Waals surface area (Å²) in [6, 6.07) is 4.06. The molecule has 7 nitrogen and oxygen atoms in total. The molecular weight excluding hydrogens is 489 g/mol. The van der Waals surface area contributed by atoms with E-state index in [9.17, 15) is 31.9 Å². The van der Waals surface area contributed by atoms with Gasteiger partial charge < -0.3 is 10.4 Å². The fourth-order valence-corrected chi connectivity index (χ4v) is 5.86. The van der Waals surface area contributed by atoms with E-state index in [4.69, 9.17) is 23.2 Å². The number of carbonyl (C=O) groups is 2. The van der Waals surface area contributed by atoms with Crippen LogP contribution in [0.15, 0.2) is 41.3 Å². The van der Waals surface area contributed by atoms with Gasteiger partial charge in [0.25, 0.3) is 0 Å². The van der Waals surface area contributed by atoms with Crippen LogP contribution >= 0.6 is 23.2 Å². The summed E-state index contributed by atoms with van der Waals surface area (Å²) < 4.78 is 53.7. The SMILES string of the molecule is O=C(O)[C@H](Cc1ccc(F)c(F)c1)NC(=O)[C@@H]1CCCN1S(=O)(=O)c1cc(Cl)cc(Cl)c1. The smallest absolute Gasteiger partial charge is 0.326 e. The number of hydrogen-bond donors (Lipinski definition) is 2. The number of aliphatic carboxylic acids is 1. The molecule has 3 rings (SSSR count). The molecule has 0 spiro atoms. The second-order valence-electron chi connectivity index (χ2n) is 7.23. The number of amides is 1. The maximum atomic E-state index is 13.4. The first kappa shape index (κ1) is 24.4. The highest BCUT2D eigenvalue weighted by molar-refractivity contribution is 7.89. The molecule has 1 aliphatic rings. The van der Waals surface area contributed by atoms with Gasteiger partial charge in [-0.05, 0) is 48.7 Å². The fraction of sp³-hybridized carbons (Fsp3) is 0.300. The Morgan fingerprint density at radius 2 is 1.78 bits per heavy atom. The lowest BCUT2D eigenvalue weighted by atomic mass is 10.0. The molecule has 1 fully saturated rings. The van der Waals surface area contributed by atoms with E-state index < -0.39 is 45.6 Å². The molecule has 1 amide bonds. The molecule has 0 bridgehead atoms. The van der Waals surface area contributed by atoms with Gasteiger partial charge in [-0.15, -0.1) is 0 Å². The number of hydrogen-bond acceptors (Lipinski definition) is 4. The number of rotatable bonds is 7. The zero-order valence-electron chi connectivity index (χ0n) is 16.4. The average Bonchev–Trinajstić information content (AvgIpc) is 3.20. The van der Waals surface area contributed by atoms with Crippen molar-refractivity contribution in [3.05, 3.63) is 63.6 Å². The number of nitrogens with one attached hydrogen (secondary N) is 1. The van der Waals surface area contributed by atoms with E-state index in [0.717, 1.165) is 16.4 Å². The van der Waals surface area contributed by atoms with Crippen molar-refractivity contribution in [2.45, 2.75) is 36.2 Å². The predicted molar refractivity (Wildman–Crippen MR) is 113 cm³/mol. The standard InChI is InChI=1S/C20H18Cl2F2N2O5S/c21-12-8-13(22)10-14(9-12)32(30,31)26-5-1-2-18(26)19(27)25-17(20(28)29)7-11-3-4-15(23)16(24)6-11/h3-4,6,8-10,17-18H,1-2,5,7H2,(H,25,27)(H,28,29)/t17-,18-/m0/s1. The highest BCUT2D eigenvalue weighted by atomic mass is 35.5. The van der Waals surface area contributed by atoms with E-state index in [1.807, 2.05) is 0 Å². The summed E-state index contributed by atoms with van der Waals surface area (Å²) in [4.78, 5) is 24.3. The molecule has 0 radical (unpaired) electrons. The van der Waals surface area contributed by atoms with Crippen molar-refractivity contribution in [2.75, 3.05) is 6.54 Å². The normalized spacial score (nSPS) is 17.8. The van der Waals surface area contributed by atoms with Crippen molar-refractivity contribution in [3.8, 4) is 0 Å². The van der Waals surface area contributed by atoms with Crippen LogP contribution in [0.1, 0.15) is 18.4 Å². The summed E-state index contributed by atoms with van der Waals surface area (Å²) in [5.41, 5.74) is 0.154. The molecule has 172 valence electrons. The van der Waals surface area contributed by atoms with Gasteiger partial charge >= 0.3 is 5.97 Å². The van der Waals surface area contributed by atoms with E-state index in [-0.39, 0.29) is 39.9 Å². The zero-order chi connectivity index (χ0) is 23.6. The number of sulfonamides is 1. The minimum absolute atomic E-state index is 0.0471. The first-order valence-corrected chi connectivity index (χ1v) is 11.6. The Kier molecular flexibility index (Phi) is 7.39.